The second kappa shape index (κ2) is 4.75. The Morgan fingerprint density at radius 3 is 2.44 bits per heavy atom. The number of aromatic nitrogens is 1. The zero-order valence-electron chi connectivity index (χ0n) is 9.71. The van der Waals surface area contributed by atoms with Crippen LogP contribution in [0.5, 0.6) is 0 Å². The molecule has 0 aliphatic carbocycles. The molecule has 1 aromatic heterocycles. The van der Waals surface area contributed by atoms with Gasteiger partial charge in [0.05, 0.1) is 11.9 Å². The van der Waals surface area contributed by atoms with Crippen LogP contribution >= 0.6 is 0 Å². The van der Waals surface area contributed by atoms with Gasteiger partial charge in [0, 0.05) is 5.56 Å². The van der Waals surface area contributed by atoms with E-state index in [2.05, 4.69) is 28.5 Å². The highest BCUT2D eigenvalue weighted by Crippen LogP contribution is 2.29. The molecule has 0 radical (unpaired) electrons. The molecular formula is C15H12N2O. The van der Waals surface area contributed by atoms with Gasteiger partial charge in [-0.1, -0.05) is 48.5 Å². The summed E-state index contributed by atoms with van der Waals surface area (Å²) in [5.41, 5.74) is 3.26. The number of para-hydroxylation sites is 1. The Hall–Kier alpha value is -2.55. The van der Waals surface area contributed by atoms with Crippen LogP contribution < -0.4 is 5.32 Å². The van der Waals surface area contributed by atoms with Crippen LogP contribution in [0.4, 0.5) is 11.7 Å². The number of hydrogen-bond donors (Lipinski definition) is 1. The fourth-order valence-electron chi connectivity index (χ4n) is 1.86. The Labute approximate surface area is 105 Å². The molecule has 0 aliphatic rings. The fourth-order valence-corrected chi connectivity index (χ4v) is 1.86. The van der Waals surface area contributed by atoms with Gasteiger partial charge >= 0.3 is 0 Å². The van der Waals surface area contributed by atoms with Gasteiger partial charge in [-0.15, -0.1) is 0 Å². The van der Waals surface area contributed by atoms with E-state index in [0.29, 0.717) is 6.01 Å². The van der Waals surface area contributed by atoms with Crippen LogP contribution in [0.1, 0.15) is 0 Å². The molecule has 0 spiro atoms. The summed E-state index contributed by atoms with van der Waals surface area (Å²) in [6.07, 6.45) is 3.17. The number of oxazole rings is 1. The minimum atomic E-state index is 0.499. The van der Waals surface area contributed by atoms with Crippen molar-refractivity contribution < 1.29 is 4.42 Å². The Kier molecular flexibility index (Phi) is 2.80. The van der Waals surface area contributed by atoms with Crippen molar-refractivity contribution in [3.05, 3.63) is 67.1 Å². The molecule has 0 unspecified atom stereocenters. The highest BCUT2D eigenvalue weighted by atomic mass is 16.4. The number of nitrogens with one attached hydrogen (secondary N) is 1. The summed E-state index contributed by atoms with van der Waals surface area (Å²) in [6.45, 7) is 0. The lowest BCUT2D eigenvalue weighted by atomic mass is 10.0. The van der Waals surface area contributed by atoms with Gasteiger partial charge in [0.1, 0.15) is 6.26 Å². The first-order chi connectivity index (χ1) is 8.93. The van der Waals surface area contributed by atoms with Gasteiger partial charge in [-0.05, 0) is 11.6 Å². The van der Waals surface area contributed by atoms with E-state index in [1.54, 1.807) is 12.5 Å². The van der Waals surface area contributed by atoms with Crippen molar-refractivity contribution in [2.45, 2.75) is 0 Å². The zero-order valence-corrected chi connectivity index (χ0v) is 9.71. The van der Waals surface area contributed by atoms with E-state index in [1.807, 2.05) is 36.4 Å². The lowest BCUT2D eigenvalue weighted by Gasteiger charge is -2.09. The molecule has 0 bridgehead atoms. The molecule has 1 heterocycles. The van der Waals surface area contributed by atoms with E-state index >= 15 is 0 Å². The molecular weight excluding hydrogens is 224 g/mol. The Balaban J connectivity index is 2.00. The fraction of sp³-hybridized carbons (Fsp3) is 0. The molecule has 0 fully saturated rings. The van der Waals surface area contributed by atoms with Gasteiger partial charge < -0.3 is 9.73 Å². The zero-order chi connectivity index (χ0) is 12.2. The molecule has 0 saturated heterocycles. The van der Waals surface area contributed by atoms with E-state index in [0.717, 1.165) is 16.8 Å². The highest BCUT2D eigenvalue weighted by molar-refractivity contribution is 5.79. The van der Waals surface area contributed by atoms with Crippen molar-refractivity contribution in [2.75, 3.05) is 5.32 Å². The predicted octanol–water partition coefficient (Wildman–Crippen LogP) is 4.09. The summed E-state index contributed by atoms with van der Waals surface area (Å²) in [7, 11) is 0. The number of rotatable bonds is 3. The average Bonchev–Trinajstić information content (AvgIpc) is 2.93. The lowest BCUT2D eigenvalue weighted by molar-refractivity contribution is 0.578. The van der Waals surface area contributed by atoms with Crippen LogP contribution in [-0.2, 0) is 0 Å². The molecule has 0 amide bonds. The number of hydrogen-bond acceptors (Lipinski definition) is 3. The molecule has 2 aromatic carbocycles. The third kappa shape index (κ3) is 2.11. The SMILES string of the molecule is c1ccc(-c2ccccc2Nc2ncco2)cc1. The van der Waals surface area contributed by atoms with Crippen molar-refractivity contribution in [3.8, 4) is 11.1 Å². The van der Waals surface area contributed by atoms with Crippen molar-refractivity contribution >= 4 is 11.7 Å². The molecule has 3 heteroatoms. The molecule has 3 rings (SSSR count). The summed E-state index contributed by atoms with van der Waals surface area (Å²) in [4.78, 5) is 4.07. The summed E-state index contributed by atoms with van der Waals surface area (Å²) in [6, 6.07) is 18.8. The van der Waals surface area contributed by atoms with Crippen LogP contribution in [0, 0.1) is 0 Å². The largest absolute Gasteiger partial charge is 0.432 e. The van der Waals surface area contributed by atoms with Gasteiger partial charge in [-0.2, -0.15) is 0 Å². The standard InChI is InChI=1S/C15H12N2O/c1-2-6-12(7-3-1)13-8-4-5-9-14(13)17-15-16-10-11-18-15/h1-11H,(H,16,17). The smallest absolute Gasteiger partial charge is 0.299 e. The van der Waals surface area contributed by atoms with Crippen LogP contribution in [0.15, 0.2) is 71.5 Å². The Bertz CT molecular complexity index is 618. The van der Waals surface area contributed by atoms with Crippen LogP contribution in [0.3, 0.4) is 0 Å². The topological polar surface area (TPSA) is 38.1 Å². The highest BCUT2D eigenvalue weighted by Gasteiger charge is 2.05. The number of anilines is 2. The van der Waals surface area contributed by atoms with Gasteiger partial charge in [0.15, 0.2) is 0 Å². The van der Waals surface area contributed by atoms with Crippen molar-refractivity contribution in [1.82, 2.24) is 4.98 Å². The van der Waals surface area contributed by atoms with Gasteiger partial charge in [-0.25, -0.2) is 4.98 Å². The van der Waals surface area contributed by atoms with E-state index in [-0.39, 0.29) is 0 Å². The van der Waals surface area contributed by atoms with E-state index in [9.17, 15) is 0 Å². The normalized spacial score (nSPS) is 10.2. The van der Waals surface area contributed by atoms with Crippen LogP contribution in [0.25, 0.3) is 11.1 Å². The molecule has 18 heavy (non-hydrogen) atoms. The van der Waals surface area contributed by atoms with Gasteiger partial charge in [0.25, 0.3) is 6.01 Å². The van der Waals surface area contributed by atoms with Crippen LogP contribution in [-0.4, -0.2) is 4.98 Å². The number of nitrogens with zero attached hydrogens (tertiary/aromatic N) is 1. The van der Waals surface area contributed by atoms with E-state index < -0.39 is 0 Å². The van der Waals surface area contributed by atoms with Crippen molar-refractivity contribution in [3.63, 3.8) is 0 Å². The predicted molar refractivity (Wildman–Crippen MR) is 71.7 cm³/mol. The van der Waals surface area contributed by atoms with E-state index in [1.165, 1.54) is 0 Å². The molecule has 3 aromatic rings. The van der Waals surface area contributed by atoms with Crippen molar-refractivity contribution in [2.24, 2.45) is 0 Å². The first-order valence-corrected chi connectivity index (χ1v) is 5.74. The molecule has 0 saturated carbocycles. The first kappa shape index (κ1) is 10.6. The first-order valence-electron chi connectivity index (χ1n) is 5.74. The maximum atomic E-state index is 5.21. The van der Waals surface area contributed by atoms with E-state index in [4.69, 9.17) is 4.42 Å². The Morgan fingerprint density at radius 2 is 1.67 bits per heavy atom. The minimum absolute atomic E-state index is 0.499. The summed E-state index contributed by atoms with van der Waals surface area (Å²) >= 11 is 0. The third-order valence-corrected chi connectivity index (χ3v) is 2.69. The maximum absolute atomic E-state index is 5.21. The second-order valence-corrected chi connectivity index (χ2v) is 3.87. The van der Waals surface area contributed by atoms with Gasteiger partial charge in [0.2, 0.25) is 0 Å². The molecule has 88 valence electrons. The third-order valence-electron chi connectivity index (χ3n) is 2.69. The monoisotopic (exact) mass is 236 g/mol. The Morgan fingerprint density at radius 1 is 0.889 bits per heavy atom. The quantitative estimate of drug-likeness (QED) is 0.744. The second-order valence-electron chi connectivity index (χ2n) is 3.87. The molecule has 0 atom stereocenters. The molecule has 3 nitrogen and oxygen atoms in total. The summed E-state index contributed by atoms with van der Waals surface area (Å²) < 4.78 is 5.21. The lowest BCUT2D eigenvalue weighted by Crippen LogP contribution is -1.92. The maximum Gasteiger partial charge on any atom is 0.299 e. The summed E-state index contributed by atoms with van der Waals surface area (Å²) in [5.74, 6) is 0. The minimum Gasteiger partial charge on any atom is -0.432 e. The molecule has 0 aliphatic heterocycles. The van der Waals surface area contributed by atoms with Crippen LogP contribution in [0.2, 0.25) is 0 Å². The summed E-state index contributed by atoms with van der Waals surface area (Å²) in [5, 5.41) is 3.17. The number of benzene rings is 2. The average molecular weight is 236 g/mol. The van der Waals surface area contributed by atoms with Crippen molar-refractivity contribution in [1.29, 1.82) is 0 Å². The molecule has 1 N–H and O–H groups in total. The van der Waals surface area contributed by atoms with Gasteiger partial charge in [-0.3, -0.25) is 0 Å².